The topological polar surface area (TPSA) is 64.6 Å². The minimum absolute atomic E-state index is 0.242. The van der Waals surface area contributed by atoms with Crippen LogP contribution in [0.4, 0.5) is 0 Å². The Balaban J connectivity index is 1.83. The van der Waals surface area contributed by atoms with E-state index in [2.05, 4.69) is 16.9 Å². The van der Waals surface area contributed by atoms with Crippen LogP contribution in [0.3, 0.4) is 0 Å². The predicted octanol–water partition coefficient (Wildman–Crippen LogP) is 3.03. The van der Waals surface area contributed by atoms with Gasteiger partial charge in [-0.3, -0.25) is 0 Å². The zero-order valence-electron chi connectivity index (χ0n) is 15.2. The second-order valence-corrected chi connectivity index (χ2v) is 8.48. The molecule has 1 aliphatic heterocycles. The van der Waals surface area contributed by atoms with Gasteiger partial charge in [-0.15, -0.1) is 0 Å². The highest BCUT2D eigenvalue weighted by Crippen LogP contribution is 2.34. The molecule has 0 amide bonds. The molecule has 1 saturated heterocycles. The van der Waals surface area contributed by atoms with E-state index in [0.29, 0.717) is 25.5 Å². The van der Waals surface area contributed by atoms with Crippen LogP contribution >= 0.6 is 0 Å². The number of rotatable bonds is 6. The number of ether oxygens (including phenoxy) is 2. The third-order valence-electron chi connectivity index (χ3n) is 5.11. The van der Waals surface area contributed by atoms with Crippen molar-refractivity contribution in [3.63, 3.8) is 0 Å². The summed E-state index contributed by atoms with van der Waals surface area (Å²) in [4.78, 5) is 0.256. The lowest BCUT2D eigenvalue weighted by Gasteiger charge is -2.37. The van der Waals surface area contributed by atoms with Gasteiger partial charge in [0.25, 0.3) is 0 Å². The molecule has 1 N–H and O–H groups in total. The van der Waals surface area contributed by atoms with Crippen molar-refractivity contribution in [2.75, 3.05) is 26.9 Å². The lowest BCUT2D eigenvalue weighted by atomic mass is 9.74. The van der Waals surface area contributed by atoms with Gasteiger partial charge in [-0.25, -0.2) is 13.1 Å². The van der Waals surface area contributed by atoms with E-state index < -0.39 is 10.0 Å². The van der Waals surface area contributed by atoms with Crippen molar-refractivity contribution >= 4 is 10.0 Å². The molecule has 26 heavy (non-hydrogen) atoms. The van der Waals surface area contributed by atoms with Crippen molar-refractivity contribution < 1.29 is 17.9 Å². The van der Waals surface area contributed by atoms with Crippen molar-refractivity contribution in [3.05, 3.63) is 59.7 Å². The average Bonchev–Trinajstić information content (AvgIpc) is 2.68. The molecule has 1 aliphatic rings. The quantitative estimate of drug-likeness (QED) is 0.843. The number of benzene rings is 2. The molecule has 0 unspecified atom stereocenters. The van der Waals surface area contributed by atoms with Gasteiger partial charge in [0.15, 0.2) is 0 Å². The molecular weight excluding hydrogens is 350 g/mol. The summed E-state index contributed by atoms with van der Waals surface area (Å²) in [5.74, 6) is 0.675. The first kappa shape index (κ1) is 18.9. The molecule has 2 aromatic rings. The van der Waals surface area contributed by atoms with Crippen LogP contribution < -0.4 is 9.46 Å². The maximum absolute atomic E-state index is 12.8. The van der Waals surface area contributed by atoms with Crippen LogP contribution in [0, 0.1) is 6.92 Å². The molecule has 1 fully saturated rings. The summed E-state index contributed by atoms with van der Waals surface area (Å²) in [6.07, 6.45) is 1.59. The van der Waals surface area contributed by atoms with Gasteiger partial charge in [0, 0.05) is 25.2 Å². The summed E-state index contributed by atoms with van der Waals surface area (Å²) in [5, 5.41) is 0. The molecule has 0 aliphatic carbocycles. The van der Waals surface area contributed by atoms with E-state index in [1.165, 1.54) is 0 Å². The Kier molecular flexibility index (Phi) is 5.65. The lowest BCUT2D eigenvalue weighted by molar-refractivity contribution is 0.0517. The van der Waals surface area contributed by atoms with E-state index in [1.807, 2.05) is 25.1 Å². The van der Waals surface area contributed by atoms with Gasteiger partial charge < -0.3 is 9.47 Å². The van der Waals surface area contributed by atoms with Crippen molar-refractivity contribution in [2.24, 2.45) is 0 Å². The normalized spacial score (nSPS) is 17.0. The molecule has 0 atom stereocenters. The molecule has 6 heteroatoms. The predicted molar refractivity (Wildman–Crippen MR) is 101 cm³/mol. The SMILES string of the molecule is COc1ccc(S(=O)(=O)NCC2(c3ccccc3)CCOCC2)cc1C. The summed E-state index contributed by atoms with van der Waals surface area (Å²) in [5.41, 5.74) is 1.70. The number of hydrogen-bond acceptors (Lipinski definition) is 4. The van der Waals surface area contributed by atoms with E-state index in [0.717, 1.165) is 24.0 Å². The van der Waals surface area contributed by atoms with Crippen LogP contribution in [0.25, 0.3) is 0 Å². The van der Waals surface area contributed by atoms with Crippen molar-refractivity contribution in [1.82, 2.24) is 4.72 Å². The molecule has 5 nitrogen and oxygen atoms in total. The maximum Gasteiger partial charge on any atom is 0.240 e. The Morgan fingerprint density at radius 2 is 1.81 bits per heavy atom. The van der Waals surface area contributed by atoms with Crippen LogP contribution in [0.5, 0.6) is 5.75 Å². The first-order chi connectivity index (χ1) is 12.5. The van der Waals surface area contributed by atoms with Gasteiger partial charge >= 0.3 is 0 Å². The van der Waals surface area contributed by atoms with Gasteiger partial charge in [-0.1, -0.05) is 30.3 Å². The largest absolute Gasteiger partial charge is 0.496 e. The number of sulfonamides is 1. The molecular formula is C20H25NO4S. The molecule has 0 spiro atoms. The Bertz CT molecular complexity index is 843. The molecule has 0 aromatic heterocycles. The standard InChI is InChI=1S/C20H25NO4S/c1-16-14-18(8-9-19(16)24-2)26(22,23)21-15-20(10-12-25-13-11-20)17-6-4-3-5-7-17/h3-9,14,21H,10-13,15H2,1-2H3. The fourth-order valence-electron chi connectivity index (χ4n) is 3.46. The van der Waals surface area contributed by atoms with Gasteiger partial charge in [0.1, 0.15) is 5.75 Å². The summed E-state index contributed by atoms with van der Waals surface area (Å²) in [6.45, 7) is 3.46. The van der Waals surface area contributed by atoms with Crippen LogP contribution in [0.2, 0.25) is 0 Å². The molecule has 0 bridgehead atoms. The summed E-state index contributed by atoms with van der Waals surface area (Å²) >= 11 is 0. The fourth-order valence-corrected chi connectivity index (χ4v) is 4.67. The monoisotopic (exact) mass is 375 g/mol. The van der Waals surface area contributed by atoms with Crippen LogP contribution in [-0.2, 0) is 20.2 Å². The molecule has 1 heterocycles. The smallest absolute Gasteiger partial charge is 0.240 e. The minimum Gasteiger partial charge on any atom is -0.496 e. The van der Waals surface area contributed by atoms with Crippen molar-refractivity contribution in [3.8, 4) is 5.75 Å². The van der Waals surface area contributed by atoms with Gasteiger partial charge in [0.2, 0.25) is 10.0 Å². The van der Waals surface area contributed by atoms with Crippen LogP contribution in [0.1, 0.15) is 24.0 Å². The summed E-state index contributed by atoms with van der Waals surface area (Å²) in [6, 6.07) is 15.0. The van der Waals surface area contributed by atoms with Gasteiger partial charge in [-0.05, 0) is 49.1 Å². The molecule has 3 rings (SSSR count). The second kappa shape index (κ2) is 7.78. The molecule has 0 saturated carbocycles. The van der Waals surface area contributed by atoms with Crippen molar-refractivity contribution in [1.29, 1.82) is 0 Å². The maximum atomic E-state index is 12.8. The molecule has 0 radical (unpaired) electrons. The second-order valence-electron chi connectivity index (χ2n) is 6.71. The van der Waals surface area contributed by atoms with E-state index in [-0.39, 0.29) is 10.3 Å². The molecule has 2 aromatic carbocycles. The molecule has 140 valence electrons. The number of aryl methyl sites for hydroxylation is 1. The highest BCUT2D eigenvalue weighted by Gasteiger charge is 2.35. The zero-order valence-corrected chi connectivity index (χ0v) is 16.0. The minimum atomic E-state index is -3.60. The first-order valence-corrected chi connectivity index (χ1v) is 10.2. The van der Waals surface area contributed by atoms with E-state index in [1.54, 1.807) is 25.3 Å². The summed E-state index contributed by atoms with van der Waals surface area (Å²) < 4.78 is 39.2. The van der Waals surface area contributed by atoms with Gasteiger partial charge in [-0.2, -0.15) is 0 Å². The first-order valence-electron chi connectivity index (χ1n) is 8.74. The average molecular weight is 375 g/mol. The highest BCUT2D eigenvalue weighted by atomic mass is 32.2. The Hall–Kier alpha value is -1.89. The Morgan fingerprint density at radius 1 is 1.12 bits per heavy atom. The third-order valence-corrected chi connectivity index (χ3v) is 6.51. The van der Waals surface area contributed by atoms with Crippen LogP contribution in [-0.4, -0.2) is 35.3 Å². The Labute approximate surface area is 155 Å². The lowest BCUT2D eigenvalue weighted by Crippen LogP contribution is -2.44. The van der Waals surface area contributed by atoms with E-state index >= 15 is 0 Å². The zero-order chi connectivity index (χ0) is 18.6. The fraction of sp³-hybridized carbons (Fsp3) is 0.400. The Morgan fingerprint density at radius 3 is 2.42 bits per heavy atom. The summed E-state index contributed by atoms with van der Waals surface area (Å²) in [7, 11) is -2.03. The van der Waals surface area contributed by atoms with Gasteiger partial charge in [0.05, 0.1) is 12.0 Å². The van der Waals surface area contributed by atoms with E-state index in [4.69, 9.17) is 9.47 Å². The van der Waals surface area contributed by atoms with E-state index in [9.17, 15) is 8.42 Å². The third kappa shape index (κ3) is 3.92. The highest BCUT2D eigenvalue weighted by molar-refractivity contribution is 7.89. The number of hydrogen-bond donors (Lipinski definition) is 1. The number of nitrogens with one attached hydrogen (secondary N) is 1. The van der Waals surface area contributed by atoms with Crippen molar-refractivity contribution in [2.45, 2.75) is 30.1 Å². The number of methoxy groups -OCH3 is 1. The van der Waals surface area contributed by atoms with Crippen LogP contribution in [0.15, 0.2) is 53.4 Å².